The Bertz CT molecular complexity index is 582. The Hall–Kier alpha value is -1.61. The van der Waals surface area contributed by atoms with Gasteiger partial charge in [0.1, 0.15) is 0 Å². The lowest BCUT2D eigenvalue weighted by Crippen LogP contribution is -2.20. The van der Waals surface area contributed by atoms with Gasteiger partial charge in [0.25, 0.3) is 0 Å². The molecule has 1 saturated carbocycles. The summed E-state index contributed by atoms with van der Waals surface area (Å²) in [5.74, 6) is 0. The van der Waals surface area contributed by atoms with E-state index in [-0.39, 0.29) is 0 Å². The molecule has 0 bridgehead atoms. The van der Waals surface area contributed by atoms with Crippen molar-refractivity contribution in [1.29, 1.82) is 0 Å². The second-order valence-corrected chi connectivity index (χ2v) is 5.79. The summed E-state index contributed by atoms with van der Waals surface area (Å²) in [5, 5.41) is 3.59. The van der Waals surface area contributed by atoms with Gasteiger partial charge in [-0.2, -0.15) is 0 Å². The van der Waals surface area contributed by atoms with E-state index < -0.39 is 0 Å². The highest BCUT2D eigenvalue weighted by Gasteiger charge is 2.19. The van der Waals surface area contributed by atoms with Crippen LogP contribution >= 0.6 is 0 Å². The number of aryl methyl sites for hydroxylation is 1. The number of nitrogens with one attached hydrogen (secondary N) is 1. The summed E-state index contributed by atoms with van der Waals surface area (Å²) in [4.78, 5) is 4.39. The Kier molecular flexibility index (Phi) is 3.88. The normalized spacial score (nSPS) is 14.7. The van der Waals surface area contributed by atoms with Gasteiger partial charge >= 0.3 is 0 Å². The zero-order valence-corrected chi connectivity index (χ0v) is 12.4. The first-order valence-corrected chi connectivity index (χ1v) is 7.52. The lowest BCUT2D eigenvalue weighted by Gasteiger charge is -2.12. The molecule has 1 aromatic carbocycles. The number of nitrogens with zero attached hydrogens (tertiary/aromatic N) is 2. The van der Waals surface area contributed by atoms with Crippen LogP contribution in [0.3, 0.4) is 0 Å². The van der Waals surface area contributed by atoms with E-state index in [9.17, 15) is 0 Å². The van der Waals surface area contributed by atoms with Crippen molar-refractivity contribution < 1.29 is 0 Å². The van der Waals surface area contributed by atoms with Crippen LogP contribution in [0.2, 0.25) is 0 Å². The maximum atomic E-state index is 4.39. The monoisotopic (exact) mass is 269 g/mol. The van der Waals surface area contributed by atoms with Gasteiger partial charge in [0.15, 0.2) is 0 Å². The molecule has 1 aliphatic rings. The maximum absolute atomic E-state index is 4.39. The Labute approximate surface area is 121 Å². The van der Waals surface area contributed by atoms with Crippen molar-refractivity contribution in [1.82, 2.24) is 14.9 Å². The Morgan fingerprint density at radius 1 is 1.20 bits per heavy atom. The molecule has 1 heterocycles. The molecule has 3 heteroatoms. The number of hydrogen-bond acceptors (Lipinski definition) is 2. The SMILES string of the molecule is Cc1ncn(Cc2ccccc2CCNC2CC2)c1C. The molecule has 1 aliphatic carbocycles. The van der Waals surface area contributed by atoms with E-state index in [0.29, 0.717) is 0 Å². The average Bonchev–Trinajstić information content (AvgIpc) is 3.23. The second kappa shape index (κ2) is 5.80. The van der Waals surface area contributed by atoms with Crippen molar-refractivity contribution in [3.63, 3.8) is 0 Å². The van der Waals surface area contributed by atoms with Gasteiger partial charge in [-0.25, -0.2) is 4.98 Å². The Balaban J connectivity index is 1.69. The Morgan fingerprint density at radius 2 is 1.95 bits per heavy atom. The molecule has 1 N–H and O–H groups in total. The van der Waals surface area contributed by atoms with Crippen molar-refractivity contribution in [3.05, 3.63) is 53.1 Å². The van der Waals surface area contributed by atoms with Crippen molar-refractivity contribution in [2.45, 2.75) is 45.7 Å². The highest BCUT2D eigenvalue weighted by Crippen LogP contribution is 2.19. The lowest BCUT2D eigenvalue weighted by atomic mass is 10.0. The standard InChI is InChI=1S/C17H23N3/c1-13-14(2)20(12-19-13)11-16-6-4-3-5-15(16)9-10-18-17-7-8-17/h3-6,12,17-18H,7-11H2,1-2H3. The minimum atomic E-state index is 0.792. The van der Waals surface area contributed by atoms with Crippen LogP contribution in [-0.2, 0) is 13.0 Å². The summed E-state index contributed by atoms with van der Waals surface area (Å²) >= 11 is 0. The molecule has 2 aromatic rings. The number of imidazole rings is 1. The van der Waals surface area contributed by atoms with Gasteiger partial charge < -0.3 is 9.88 Å². The highest BCUT2D eigenvalue weighted by atomic mass is 15.0. The van der Waals surface area contributed by atoms with E-state index in [0.717, 1.165) is 31.2 Å². The van der Waals surface area contributed by atoms with Gasteiger partial charge in [0, 0.05) is 18.3 Å². The molecule has 0 atom stereocenters. The molecule has 1 aromatic heterocycles. The van der Waals surface area contributed by atoms with Gasteiger partial charge in [0.05, 0.1) is 12.0 Å². The fourth-order valence-electron chi connectivity index (χ4n) is 2.54. The van der Waals surface area contributed by atoms with Crippen molar-refractivity contribution in [3.8, 4) is 0 Å². The number of hydrogen-bond donors (Lipinski definition) is 1. The van der Waals surface area contributed by atoms with Crippen molar-refractivity contribution in [2.75, 3.05) is 6.54 Å². The van der Waals surface area contributed by atoms with Crippen LogP contribution in [0.4, 0.5) is 0 Å². The Morgan fingerprint density at radius 3 is 2.60 bits per heavy atom. The molecular weight excluding hydrogens is 246 g/mol. The molecule has 20 heavy (non-hydrogen) atoms. The summed E-state index contributed by atoms with van der Waals surface area (Å²) < 4.78 is 2.24. The molecule has 3 nitrogen and oxygen atoms in total. The van der Waals surface area contributed by atoms with E-state index >= 15 is 0 Å². The van der Waals surface area contributed by atoms with Gasteiger partial charge in [0.2, 0.25) is 0 Å². The molecular formula is C17H23N3. The van der Waals surface area contributed by atoms with E-state index in [1.165, 1.54) is 29.7 Å². The molecule has 0 amide bonds. The first-order valence-electron chi connectivity index (χ1n) is 7.52. The fourth-order valence-corrected chi connectivity index (χ4v) is 2.54. The zero-order chi connectivity index (χ0) is 13.9. The topological polar surface area (TPSA) is 29.9 Å². The fraction of sp³-hybridized carbons (Fsp3) is 0.471. The zero-order valence-electron chi connectivity index (χ0n) is 12.4. The second-order valence-electron chi connectivity index (χ2n) is 5.79. The van der Waals surface area contributed by atoms with Gasteiger partial charge in [-0.05, 0) is 50.8 Å². The molecule has 106 valence electrons. The molecule has 0 radical (unpaired) electrons. The number of benzene rings is 1. The third-order valence-corrected chi connectivity index (χ3v) is 4.21. The third-order valence-electron chi connectivity index (χ3n) is 4.21. The third kappa shape index (κ3) is 3.10. The predicted octanol–water partition coefficient (Wildman–Crippen LogP) is 2.84. The summed E-state index contributed by atoms with van der Waals surface area (Å²) in [7, 11) is 0. The molecule has 0 aliphatic heterocycles. The van der Waals surface area contributed by atoms with Crippen LogP contribution < -0.4 is 5.32 Å². The summed E-state index contributed by atoms with van der Waals surface area (Å²) in [6, 6.07) is 9.55. The van der Waals surface area contributed by atoms with Crippen LogP contribution in [0.25, 0.3) is 0 Å². The average molecular weight is 269 g/mol. The van der Waals surface area contributed by atoms with Crippen LogP contribution in [0.15, 0.2) is 30.6 Å². The minimum absolute atomic E-state index is 0.792. The van der Waals surface area contributed by atoms with E-state index in [2.05, 4.69) is 53.0 Å². The quantitative estimate of drug-likeness (QED) is 0.874. The molecule has 0 unspecified atom stereocenters. The van der Waals surface area contributed by atoms with Crippen LogP contribution in [0, 0.1) is 13.8 Å². The lowest BCUT2D eigenvalue weighted by molar-refractivity contribution is 0.674. The number of aromatic nitrogens is 2. The van der Waals surface area contributed by atoms with Crippen LogP contribution in [0.5, 0.6) is 0 Å². The van der Waals surface area contributed by atoms with Gasteiger partial charge in [-0.15, -0.1) is 0 Å². The summed E-state index contributed by atoms with van der Waals surface area (Å²) in [6.07, 6.45) is 5.77. The highest BCUT2D eigenvalue weighted by molar-refractivity contribution is 5.28. The minimum Gasteiger partial charge on any atom is -0.330 e. The summed E-state index contributed by atoms with van der Waals surface area (Å²) in [6.45, 7) is 6.22. The van der Waals surface area contributed by atoms with E-state index in [4.69, 9.17) is 0 Å². The number of rotatable bonds is 6. The first-order chi connectivity index (χ1) is 9.74. The van der Waals surface area contributed by atoms with Gasteiger partial charge in [-0.1, -0.05) is 24.3 Å². The van der Waals surface area contributed by atoms with Crippen LogP contribution in [-0.4, -0.2) is 22.1 Å². The van der Waals surface area contributed by atoms with E-state index in [1.807, 2.05) is 6.33 Å². The van der Waals surface area contributed by atoms with Crippen LogP contribution in [0.1, 0.15) is 35.4 Å². The van der Waals surface area contributed by atoms with Crippen molar-refractivity contribution in [2.24, 2.45) is 0 Å². The molecule has 0 spiro atoms. The predicted molar refractivity (Wildman–Crippen MR) is 82.0 cm³/mol. The largest absolute Gasteiger partial charge is 0.330 e. The maximum Gasteiger partial charge on any atom is 0.0954 e. The van der Waals surface area contributed by atoms with Gasteiger partial charge in [-0.3, -0.25) is 0 Å². The molecule has 0 saturated heterocycles. The van der Waals surface area contributed by atoms with Crippen molar-refractivity contribution >= 4 is 0 Å². The molecule has 3 rings (SSSR count). The first kappa shape index (κ1) is 13.4. The summed E-state index contributed by atoms with van der Waals surface area (Å²) in [5.41, 5.74) is 5.24. The smallest absolute Gasteiger partial charge is 0.0954 e. The van der Waals surface area contributed by atoms with E-state index in [1.54, 1.807) is 0 Å². The molecule has 1 fully saturated rings.